The minimum atomic E-state index is 0.177. The molecule has 0 fully saturated rings. The Balaban J connectivity index is 1.19. The summed E-state index contributed by atoms with van der Waals surface area (Å²) in [5.41, 5.74) is 19.8. The van der Waals surface area contributed by atoms with Crippen molar-refractivity contribution in [3.63, 3.8) is 0 Å². The highest BCUT2D eigenvalue weighted by Crippen LogP contribution is 2.47. The predicted molar refractivity (Wildman–Crippen MR) is 269 cm³/mol. The average Bonchev–Trinajstić information content (AvgIpc) is 3.68. The molecule has 1 atom stereocenters. The Hall–Kier alpha value is -7.49. The zero-order valence-corrected chi connectivity index (χ0v) is 36.7. The first-order valence-electron chi connectivity index (χ1n) is 22.1. The third-order valence-corrected chi connectivity index (χ3v) is 12.2. The lowest BCUT2D eigenvalue weighted by Gasteiger charge is -2.32. The summed E-state index contributed by atoms with van der Waals surface area (Å²) in [4.78, 5) is 8.26. The van der Waals surface area contributed by atoms with E-state index in [-0.39, 0.29) is 6.04 Å². The molecule has 0 saturated carbocycles. The lowest BCUT2D eigenvalue weighted by molar-refractivity contribution is 0.785. The fourth-order valence-corrected chi connectivity index (χ4v) is 9.60. The molecule has 1 heterocycles. The summed E-state index contributed by atoms with van der Waals surface area (Å²) in [5.74, 6) is 0.912. The molecule has 1 aliphatic rings. The molecule has 9 aromatic rings. The summed E-state index contributed by atoms with van der Waals surface area (Å²) in [6, 6.07) is 60.3. The molecule has 1 aliphatic carbocycles. The number of hydrogen-bond donors (Lipinski definition) is 0. The van der Waals surface area contributed by atoms with Crippen molar-refractivity contribution in [1.82, 2.24) is 9.55 Å². The average molecular weight is 814 g/mol. The third-order valence-electron chi connectivity index (χ3n) is 12.2. The van der Waals surface area contributed by atoms with Crippen LogP contribution in [0.3, 0.4) is 0 Å². The van der Waals surface area contributed by atoms with Gasteiger partial charge in [0.2, 0.25) is 0 Å². The third kappa shape index (κ3) is 7.83. The zero-order chi connectivity index (χ0) is 43.0. The molecule has 0 bridgehead atoms. The first-order chi connectivity index (χ1) is 30.8. The van der Waals surface area contributed by atoms with E-state index < -0.39 is 0 Å². The van der Waals surface area contributed by atoms with E-state index in [4.69, 9.17) is 4.98 Å². The number of benzene rings is 8. The Labute approximate surface area is 371 Å². The number of nitrogens with zero attached hydrogens (tertiary/aromatic N) is 3. The van der Waals surface area contributed by atoms with Crippen molar-refractivity contribution < 1.29 is 0 Å². The molecule has 8 aromatic carbocycles. The number of hydrogen-bond acceptors (Lipinski definition) is 2. The second kappa shape index (κ2) is 16.8. The minimum Gasteiger partial charge on any atom is -0.334 e. The van der Waals surface area contributed by atoms with E-state index in [1.807, 2.05) is 0 Å². The Morgan fingerprint density at radius 2 is 1.08 bits per heavy atom. The maximum absolute atomic E-state index is 5.80. The molecule has 0 N–H and O–H groups in total. The maximum atomic E-state index is 5.80. The largest absolute Gasteiger partial charge is 0.334 e. The first-order valence-corrected chi connectivity index (χ1v) is 22.1. The van der Waals surface area contributed by atoms with E-state index in [1.165, 1.54) is 66.4 Å². The van der Waals surface area contributed by atoms with Crippen LogP contribution in [0.5, 0.6) is 0 Å². The molecule has 0 aliphatic heterocycles. The normalized spacial score (nSPS) is 13.7. The van der Waals surface area contributed by atoms with Gasteiger partial charge in [-0.15, -0.1) is 0 Å². The zero-order valence-electron chi connectivity index (χ0n) is 36.7. The molecule has 63 heavy (non-hydrogen) atoms. The van der Waals surface area contributed by atoms with E-state index in [9.17, 15) is 0 Å². The molecule has 0 saturated heterocycles. The van der Waals surface area contributed by atoms with Gasteiger partial charge in [0, 0.05) is 33.8 Å². The topological polar surface area (TPSA) is 21.1 Å². The lowest BCUT2D eigenvalue weighted by atomic mass is 9.88. The van der Waals surface area contributed by atoms with Gasteiger partial charge in [-0.05, 0) is 128 Å². The quantitative estimate of drug-likeness (QED) is 0.135. The van der Waals surface area contributed by atoms with Crippen LogP contribution in [0.4, 0.5) is 11.4 Å². The molecular weight excluding hydrogens is 763 g/mol. The van der Waals surface area contributed by atoms with Crippen LogP contribution in [-0.2, 0) is 0 Å². The van der Waals surface area contributed by atoms with Crippen molar-refractivity contribution in [2.24, 2.45) is 0 Å². The first kappa shape index (κ1) is 39.6. The summed E-state index contributed by atoms with van der Waals surface area (Å²) in [6.07, 6.45) is 14.2. The molecule has 0 amide bonds. The minimum absolute atomic E-state index is 0.177. The molecular formula is C60H51N3. The van der Waals surface area contributed by atoms with Gasteiger partial charge in [0.05, 0.1) is 17.1 Å². The van der Waals surface area contributed by atoms with Crippen molar-refractivity contribution in [2.45, 2.75) is 47.1 Å². The summed E-state index contributed by atoms with van der Waals surface area (Å²) in [7, 11) is 0. The fourth-order valence-electron chi connectivity index (χ4n) is 9.60. The van der Waals surface area contributed by atoms with Crippen molar-refractivity contribution in [2.75, 3.05) is 4.90 Å². The van der Waals surface area contributed by atoms with E-state index in [2.05, 4.69) is 244 Å². The van der Waals surface area contributed by atoms with Crippen molar-refractivity contribution in [1.29, 1.82) is 0 Å². The van der Waals surface area contributed by atoms with Crippen molar-refractivity contribution in [3.05, 3.63) is 227 Å². The Kier molecular flexibility index (Phi) is 10.5. The highest BCUT2D eigenvalue weighted by molar-refractivity contribution is 6.20. The summed E-state index contributed by atoms with van der Waals surface area (Å²) in [5, 5.41) is 2.42. The number of anilines is 2. The van der Waals surface area contributed by atoms with Crippen LogP contribution in [-0.4, -0.2) is 15.6 Å². The fraction of sp³-hybridized carbons (Fsp3) is 0.117. The molecule has 306 valence electrons. The monoisotopic (exact) mass is 813 g/mol. The highest BCUT2D eigenvalue weighted by Gasteiger charge is 2.26. The van der Waals surface area contributed by atoms with Gasteiger partial charge in [0.25, 0.3) is 0 Å². The van der Waals surface area contributed by atoms with Gasteiger partial charge >= 0.3 is 0 Å². The summed E-state index contributed by atoms with van der Waals surface area (Å²) < 4.78 is 2.43. The van der Waals surface area contributed by atoms with Gasteiger partial charge in [-0.25, -0.2) is 4.98 Å². The Bertz CT molecular complexity index is 3190. The van der Waals surface area contributed by atoms with E-state index >= 15 is 0 Å². The molecule has 3 nitrogen and oxygen atoms in total. The van der Waals surface area contributed by atoms with Gasteiger partial charge in [0.15, 0.2) is 0 Å². The molecule has 3 heteroatoms. The van der Waals surface area contributed by atoms with Gasteiger partial charge in [-0.3, -0.25) is 4.57 Å². The predicted octanol–water partition coefficient (Wildman–Crippen LogP) is 15.9. The van der Waals surface area contributed by atoms with Gasteiger partial charge in [-0.1, -0.05) is 174 Å². The van der Waals surface area contributed by atoms with Crippen LogP contribution in [0.15, 0.2) is 188 Å². The highest BCUT2D eigenvalue weighted by atomic mass is 15.2. The summed E-state index contributed by atoms with van der Waals surface area (Å²) in [6.45, 7) is 11.0. The number of aryl methyl sites for hydroxylation is 5. The van der Waals surface area contributed by atoms with Crippen LogP contribution < -0.4 is 4.90 Å². The van der Waals surface area contributed by atoms with Crippen molar-refractivity contribution in [3.8, 4) is 39.3 Å². The van der Waals surface area contributed by atoms with Crippen LogP contribution in [0.25, 0.3) is 73.3 Å². The second-order valence-electron chi connectivity index (χ2n) is 17.2. The van der Waals surface area contributed by atoms with Crippen LogP contribution in [0.1, 0.15) is 45.4 Å². The standard InChI is InChI=1S/C60H51N3/c1-40-15-14-20-53(39-40)63-59-57(49-37-43(4)34-44(5)38-49)55-22-13-12-21-54(55)56(48-35-41(2)33-42(3)36-48)58(59)61-60(63)47-27-31-52(32-28-47)62(50-18-10-7-11-19-50)51-29-25-46(26-30-51)24-23-45-16-8-6-9-17-45/h6-18,20-39,50H,19H2,1-5H3/b24-23+. The number of fused-ring (bicyclic) bond motifs is 2. The van der Waals surface area contributed by atoms with Gasteiger partial charge in [0.1, 0.15) is 5.82 Å². The van der Waals surface area contributed by atoms with Crippen LogP contribution in [0, 0.1) is 34.6 Å². The smallest absolute Gasteiger partial charge is 0.145 e. The van der Waals surface area contributed by atoms with E-state index in [1.54, 1.807) is 0 Å². The lowest BCUT2D eigenvalue weighted by Crippen LogP contribution is -2.29. The van der Waals surface area contributed by atoms with Crippen molar-refractivity contribution >= 4 is 45.3 Å². The Morgan fingerprint density at radius 1 is 0.508 bits per heavy atom. The number of allylic oxidation sites excluding steroid dienone is 2. The van der Waals surface area contributed by atoms with Gasteiger partial charge in [-0.2, -0.15) is 0 Å². The van der Waals surface area contributed by atoms with Gasteiger partial charge < -0.3 is 4.90 Å². The second-order valence-corrected chi connectivity index (χ2v) is 17.2. The van der Waals surface area contributed by atoms with Crippen LogP contribution in [0.2, 0.25) is 0 Å². The Morgan fingerprint density at radius 3 is 1.68 bits per heavy atom. The number of imidazole rings is 1. The summed E-state index contributed by atoms with van der Waals surface area (Å²) >= 11 is 0. The SMILES string of the molecule is Cc1cc(C)cc(-c2c3ccccc3c(-c3cc(C)cc(C)c3)c3c2nc(-c2ccc(N(c4ccc(/C=C/c5ccccc5)cc4)C4C=CC=CC4)cc2)n3-c2cccc(C)c2)c1. The molecule has 10 rings (SSSR count). The molecule has 1 aromatic heterocycles. The van der Waals surface area contributed by atoms with E-state index in [0.29, 0.717) is 0 Å². The maximum Gasteiger partial charge on any atom is 0.145 e. The van der Waals surface area contributed by atoms with E-state index in [0.717, 1.165) is 51.5 Å². The molecule has 0 spiro atoms. The number of rotatable bonds is 9. The molecule has 1 unspecified atom stereocenters. The van der Waals surface area contributed by atoms with Crippen LogP contribution >= 0.6 is 0 Å². The molecule has 0 radical (unpaired) electrons. The number of aromatic nitrogens is 2.